The van der Waals surface area contributed by atoms with Gasteiger partial charge in [-0.3, -0.25) is 0 Å². The summed E-state index contributed by atoms with van der Waals surface area (Å²) in [6.45, 7) is 0.752. The first kappa shape index (κ1) is 20.5. The number of nitrogens with one attached hydrogen (secondary N) is 1. The van der Waals surface area contributed by atoms with Gasteiger partial charge in [0.1, 0.15) is 24.2 Å². The van der Waals surface area contributed by atoms with Gasteiger partial charge in [0.15, 0.2) is 0 Å². The predicted octanol–water partition coefficient (Wildman–Crippen LogP) is 3.85. The minimum absolute atomic E-state index is 0. The number of aryl methyl sites for hydroxylation is 1. The monoisotopic (exact) mass is 399 g/mol. The normalized spacial score (nSPS) is 16.8. The molecule has 0 aliphatic heterocycles. The summed E-state index contributed by atoms with van der Waals surface area (Å²) >= 11 is 0. The topological polar surface area (TPSA) is 61.7 Å². The van der Waals surface area contributed by atoms with Crippen LogP contribution in [0.1, 0.15) is 17.5 Å². The van der Waals surface area contributed by atoms with E-state index in [4.69, 9.17) is 4.74 Å². The maximum atomic E-state index is 10.3. The van der Waals surface area contributed by atoms with Crippen LogP contribution in [0.2, 0.25) is 0 Å². The van der Waals surface area contributed by atoms with Crippen LogP contribution < -0.4 is 10.1 Å². The molecule has 2 atom stereocenters. The van der Waals surface area contributed by atoms with E-state index in [9.17, 15) is 10.2 Å². The van der Waals surface area contributed by atoms with Crippen molar-refractivity contribution in [3.8, 4) is 11.5 Å². The Balaban J connectivity index is 0.00000225. The molecule has 0 spiro atoms. The Labute approximate surface area is 171 Å². The molecule has 5 heteroatoms. The lowest BCUT2D eigenvalue weighted by Gasteiger charge is -2.26. The van der Waals surface area contributed by atoms with E-state index in [0.717, 1.165) is 30.4 Å². The molecule has 3 aromatic carbocycles. The van der Waals surface area contributed by atoms with Crippen molar-refractivity contribution in [1.29, 1.82) is 0 Å². The van der Waals surface area contributed by atoms with Crippen molar-refractivity contribution in [2.75, 3.05) is 13.2 Å². The second kappa shape index (κ2) is 9.28. The first-order valence-corrected chi connectivity index (χ1v) is 9.51. The molecule has 0 radical (unpaired) electrons. The van der Waals surface area contributed by atoms with Crippen molar-refractivity contribution in [2.45, 2.75) is 31.4 Å². The number of aliphatic hydroxyl groups is 1. The number of ether oxygens (including phenoxy) is 1. The van der Waals surface area contributed by atoms with Crippen LogP contribution in [0.5, 0.6) is 11.5 Å². The Kier molecular flexibility index (Phi) is 6.79. The zero-order valence-electron chi connectivity index (χ0n) is 15.7. The summed E-state index contributed by atoms with van der Waals surface area (Å²) < 4.78 is 5.76. The van der Waals surface area contributed by atoms with Crippen LogP contribution >= 0.6 is 12.4 Å². The fraction of sp³-hybridized carbons (Fsp3) is 0.304. The molecule has 0 amide bonds. The molecule has 0 fully saturated rings. The van der Waals surface area contributed by atoms with Gasteiger partial charge in [0.05, 0.1) is 0 Å². The van der Waals surface area contributed by atoms with E-state index < -0.39 is 6.10 Å². The highest BCUT2D eigenvalue weighted by molar-refractivity contribution is 5.85. The lowest BCUT2D eigenvalue weighted by atomic mass is 9.88. The summed E-state index contributed by atoms with van der Waals surface area (Å²) in [5.41, 5.74) is 2.51. The number of phenolic OH excluding ortho intramolecular Hbond substituents is 1. The number of rotatable bonds is 6. The minimum atomic E-state index is -0.568. The molecule has 4 nitrogen and oxygen atoms in total. The first-order chi connectivity index (χ1) is 13.2. The van der Waals surface area contributed by atoms with E-state index >= 15 is 0 Å². The van der Waals surface area contributed by atoms with Crippen molar-refractivity contribution in [1.82, 2.24) is 5.32 Å². The molecule has 3 N–H and O–H groups in total. The molecule has 3 aromatic rings. The van der Waals surface area contributed by atoms with Gasteiger partial charge in [-0.05, 0) is 65.4 Å². The smallest absolute Gasteiger partial charge is 0.120 e. The van der Waals surface area contributed by atoms with Crippen molar-refractivity contribution >= 4 is 23.2 Å². The molecular formula is C23H26ClNO3. The van der Waals surface area contributed by atoms with E-state index in [2.05, 4.69) is 17.4 Å². The summed E-state index contributed by atoms with van der Waals surface area (Å²) in [5, 5.41) is 25.7. The van der Waals surface area contributed by atoms with E-state index in [1.54, 1.807) is 6.07 Å². The minimum Gasteiger partial charge on any atom is -0.508 e. The molecule has 1 aliphatic carbocycles. The summed E-state index contributed by atoms with van der Waals surface area (Å²) in [4.78, 5) is 0. The summed E-state index contributed by atoms with van der Waals surface area (Å²) in [6.07, 6.45) is 2.34. The van der Waals surface area contributed by atoms with Crippen LogP contribution in [-0.2, 0) is 12.8 Å². The van der Waals surface area contributed by atoms with Gasteiger partial charge in [0.2, 0.25) is 0 Å². The van der Waals surface area contributed by atoms with Gasteiger partial charge in [-0.2, -0.15) is 0 Å². The predicted molar refractivity (Wildman–Crippen MR) is 115 cm³/mol. The SMILES string of the molecule is Cl.Oc1ccc2c(c1)CC(NCC(O)COc1ccc3ccccc3c1)CC2. The van der Waals surface area contributed by atoms with E-state index in [0.29, 0.717) is 18.3 Å². The molecule has 0 bridgehead atoms. The van der Waals surface area contributed by atoms with Crippen LogP contribution in [0.4, 0.5) is 0 Å². The molecular weight excluding hydrogens is 374 g/mol. The fourth-order valence-electron chi connectivity index (χ4n) is 3.73. The molecule has 4 rings (SSSR count). The van der Waals surface area contributed by atoms with Crippen LogP contribution in [0, 0.1) is 0 Å². The molecule has 2 unspecified atom stereocenters. The molecule has 0 aromatic heterocycles. The van der Waals surface area contributed by atoms with Crippen molar-refractivity contribution in [3.05, 3.63) is 71.8 Å². The standard InChI is InChI=1S/C23H25NO3.ClH/c25-21-9-6-17-5-8-20(11-19(17)12-21)24-14-22(26)15-27-23-10-7-16-3-1-2-4-18(16)13-23;/h1-4,6-7,9-10,12-13,20,22,24-26H,5,8,11,14-15H2;1H. The van der Waals surface area contributed by atoms with Gasteiger partial charge < -0.3 is 20.3 Å². The Hall–Kier alpha value is -2.27. The molecule has 1 aliphatic rings. The molecule has 28 heavy (non-hydrogen) atoms. The quantitative estimate of drug-likeness (QED) is 0.589. The average molecular weight is 400 g/mol. The molecule has 0 saturated heterocycles. The van der Waals surface area contributed by atoms with Crippen molar-refractivity contribution in [3.63, 3.8) is 0 Å². The maximum absolute atomic E-state index is 10.3. The Morgan fingerprint density at radius 1 is 1.00 bits per heavy atom. The number of aromatic hydroxyl groups is 1. The van der Waals surface area contributed by atoms with Crippen molar-refractivity contribution in [2.24, 2.45) is 0 Å². The fourth-order valence-corrected chi connectivity index (χ4v) is 3.73. The Morgan fingerprint density at radius 2 is 1.82 bits per heavy atom. The lowest BCUT2D eigenvalue weighted by molar-refractivity contribution is 0.103. The Morgan fingerprint density at radius 3 is 2.68 bits per heavy atom. The third kappa shape index (κ3) is 4.96. The first-order valence-electron chi connectivity index (χ1n) is 9.51. The number of hydrogen-bond acceptors (Lipinski definition) is 4. The average Bonchev–Trinajstić information content (AvgIpc) is 2.70. The van der Waals surface area contributed by atoms with Crippen LogP contribution in [0.3, 0.4) is 0 Å². The lowest BCUT2D eigenvalue weighted by Crippen LogP contribution is -2.40. The zero-order valence-corrected chi connectivity index (χ0v) is 16.5. The van der Waals surface area contributed by atoms with Crippen LogP contribution in [0.15, 0.2) is 60.7 Å². The molecule has 0 saturated carbocycles. The summed E-state index contributed by atoms with van der Waals surface area (Å²) in [5.74, 6) is 1.09. The van der Waals surface area contributed by atoms with E-state index in [-0.39, 0.29) is 19.0 Å². The van der Waals surface area contributed by atoms with E-state index in [1.807, 2.05) is 42.5 Å². The largest absolute Gasteiger partial charge is 0.508 e. The van der Waals surface area contributed by atoms with Gasteiger partial charge in [-0.15, -0.1) is 12.4 Å². The van der Waals surface area contributed by atoms with Crippen LogP contribution in [-0.4, -0.2) is 35.5 Å². The van der Waals surface area contributed by atoms with Gasteiger partial charge >= 0.3 is 0 Å². The number of phenols is 1. The third-order valence-electron chi connectivity index (χ3n) is 5.22. The highest BCUT2D eigenvalue weighted by Crippen LogP contribution is 2.25. The van der Waals surface area contributed by atoms with Gasteiger partial charge in [-0.25, -0.2) is 0 Å². The summed E-state index contributed by atoms with van der Waals surface area (Å²) in [6, 6.07) is 20.0. The molecule has 0 heterocycles. The van der Waals surface area contributed by atoms with Crippen LogP contribution in [0.25, 0.3) is 10.8 Å². The number of aliphatic hydroxyl groups excluding tert-OH is 1. The van der Waals surface area contributed by atoms with E-state index in [1.165, 1.54) is 16.5 Å². The van der Waals surface area contributed by atoms with Gasteiger partial charge in [0, 0.05) is 12.6 Å². The zero-order chi connectivity index (χ0) is 18.6. The second-order valence-electron chi connectivity index (χ2n) is 7.27. The highest BCUT2D eigenvalue weighted by atomic mass is 35.5. The number of benzene rings is 3. The number of fused-ring (bicyclic) bond motifs is 2. The number of halogens is 1. The maximum Gasteiger partial charge on any atom is 0.120 e. The highest BCUT2D eigenvalue weighted by Gasteiger charge is 2.19. The number of hydrogen-bond donors (Lipinski definition) is 3. The third-order valence-corrected chi connectivity index (χ3v) is 5.22. The Bertz CT molecular complexity index is 931. The van der Waals surface area contributed by atoms with Gasteiger partial charge in [0.25, 0.3) is 0 Å². The summed E-state index contributed by atoms with van der Waals surface area (Å²) in [7, 11) is 0. The second-order valence-corrected chi connectivity index (χ2v) is 7.27. The molecule has 148 valence electrons. The van der Waals surface area contributed by atoms with Gasteiger partial charge in [-0.1, -0.05) is 36.4 Å². The van der Waals surface area contributed by atoms with Crippen molar-refractivity contribution < 1.29 is 14.9 Å².